The Labute approximate surface area is 273 Å². The van der Waals surface area contributed by atoms with Gasteiger partial charge in [-0.05, 0) is 80.8 Å². The van der Waals surface area contributed by atoms with Crippen LogP contribution in [0, 0.1) is 5.92 Å². The van der Waals surface area contributed by atoms with E-state index in [0.717, 1.165) is 42.5 Å². The molecule has 0 radical (unpaired) electrons. The summed E-state index contributed by atoms with van der Waals surface area (Å²) in [5.74, 6) is 0.0455. The van der Waals surface area contributed by atoms with Crippen LogP contribution in [-0.2, 0) is 4.43 Å². The molecule has 5 N–H and O–H groups in total. The maximum atomic E-state index is 13.7. The highest BCUT2D eigenvalue weighted by Crippen LogP contribution is 2.40. The third kappa shape index (κ3) is 7.29. The summed E-state index contributed by atoms with van der Waals surface area (Å²) < 4.78 is 6.79. The normalized spacial score (nSPS) is 21.7. The molecule has 2 aliphatic heterocycles. The van der Waals surface area contributed by atoms with E-state index in [-0.39, 0.29) is 22.8 Å². The Balaban J connectivity index is 1.38. The summed E-state index contributed by atoms with van der Waals surface area (Å²) in [7, 11) is -0.0284. The lowest BCUT2D eigenvalue weighted by atomic mass is 9.89. The van der Waals surface area contributed by atoms with Crippen molar-refractivity contribution < 1.29 is 19.1 Å². The fraction of sp³-hybridized carbons (Fsp3) is 0.529. The smallest absolute Gasteiger partial charge is 0.405 e. The predicted octanol–water partition coefficient (Wildman–Crippen LogP) is 5.76. The molecule has 2 aromatic heterocycles. The molecule has 4 heterocycles. The molecule has 0 spiro atoms. The first-order valence-electron chi connectivity index (χ1n) is 16.2. The minimum atomic E-state index is -2.18. The molecule has 248 valence electrons. The van der Waals surface area contributed by atoms with Gasteiger partial charge >= 0.3 is 6.09 Å². The third-order valence-corrected chi connectivity index (χ3v) is 14.6. The van der Waals surface area contributed by atoms with Gasteiger partial charge in [0, 0.05) is 30.6 Å². The zero-order valence-corrected chi connectivity index (χ0v) is 29.1. The van der Waals surface area contributed by atoms with Crippen molar-refractivity contribution in [3.05, 3.63) is 54.0 Å². The number of benzene rings is 1. The molecule has 0 aliphatic carbocycles. The second kappa shape index (κ2) is 13.2. The molecule has 0 bridgehead atoms. The Morgan fingerprint density at radius 3 is 2.50 bits per heavy atom. The number of piperidine rings is 2. The van der Waals surface area contributed by atoms with Crippen LogP contribution in [0.4, 0.5) is 21.9 Å². The first kappa shape index (κ1) is 33.6. The number of nitrogens with one attached hydrogen (secondary N) is 2. The fourth-order valence-electron chi connectivity index (χ4n) is 6.38. The Kier molecular flexibility index (Phi) is 9.62. The Bertz CT molecular complexity index is 1590. The molecular formula is C34H49N7O4Si. The molecule has 2 fully saturated rings. The number of carboxylic acid groups (broad SMARTS) is 1. The van der Waals surface area contributed by atoms with Gasteiger partial charge in [-0.1, -0.05) is 39.8 Å². The molecule has 12 heteroatoms. The largest absolute Gasteiger partial charge is 0.465 e. The average molecular weight is 648 g/mol. The lowest BCUT2D eigenvalue weighted by Gasteiger charge is -2.48. The number of nitrogens with two attached hydrogens (primary N) is 1. The third-order valence-electron chi connectivity index (χ3n) is 10.1. The van der Waals surface area contributed by atoms with E-state index in [1.807, 2.05) is 12.1 Å². The highest BCUT2D eigenvalue weighted by atomic mass is 28.4. The number of nitrogens with zero attached hydrogens (tertiary/aromatic N) is 4. The molecule has 1 aromatic carbocycles. The van der Waals surface area contributed by atoms with Gasteiger partial charge in [0.2, 0.25) is 0 Å². The van der Waals surface area contributed by atoms with E-state index in [2.05, 4.69) is 85.4 Å². The quantitative estimate of drug-likeness (QED) is 0.235. The highest BCUT2D eigenvalue weighted by Gasteiger charge is 2.45. The van der Waals surface area contributed by atoms with Gasteiger partial charge < -0.3 is 35.7 Å². The SMILES string of the molecule is C[C@H]1CN(c2ccncc2NC(=O)c2nc3cc(C4CCN(C)CC4)ccc3cc2N)C[C@@H](NC(=O)O)[C@@H]1O[Si](C)(C)C(C)(C)C. The number of pyridine rings is 2. The van der Waals surface area contributed by atoms with Crippen molar-refractivity contribution in [2.45, 2.75) is 76.7 Å². The van der Waals surface area contributed by atoms with Gasteiger partial charge in [-0.15, -0.1) is 0 Å². The van der Waals surface area contributed by atoms with Gasteiger partial charge in [-0.25, -0.2) is 9.78 Å². The lowest BCUT2D eigenvalue weighted by Crippen LogP contribution is -2.62. The van der Waals surface area contributed by atoms with Crippen LogP contribution in [0.1, 0.15) is 62.5 Å². The first-order valence-corrected chi connectivity index (χ1v) is 19.1. The molecular weight excluding hydrogens is 599 g/mol. The van der Waals surface area contributed by atoms with Crippen molar-refractivity contribution in [3.8, 4) is 0 Å². The number of hydrogen-bond acceptors (Lipinski definition) is 8. The summed E-state index contributed by atoms with van der Waals surface area (Å²) in [6, 6.07) is 9.44. The number of likely N-dealkylation sites (tertiary alicyclic amines) is 1. The van der Waals surface area contributed by atoms with E-state index in [1.54, 1.807) is 18.5 Å². The maximum Gasteiger partial charge on any atom is 0.405 e. The second-order valence-corrected chi connectivity index (χ2v) is 19.3. The van der Waals surface area contributed by atoms with Gasteiger partial charge in [0.15, 0.2) is 14.0 Å². The number of fused-ring (bicyclic) bond motifs is 1. The Morgan fingerprint density at radius 2 is 1.83 bits per heavy atom. The highest BCUT2D eigenvalue weighted by molar-refractivity contribution is 6.74. The topological polar surface area (TPSA) is 146 Å². The summed E-state index contributed by atoms with van der Waals surface area (Å²) in [4.78, 5) is 39.0. The summed E-state index contributed by atoms with van der Waals surface area (Å²) >= 11 is 0. The molecule has 3 atom stereocenters. The standard InChI is InChI=1S/C34H49N7O4Si/c1-21-19-41(20-28(39-33(43)44)31(21)45-46(6,7)34(2,3)4)29-10-13-36-18-27(29)38-32(42)30-25(35)16-24-9-8-23(17-26(24)37-30)22-11-14-40(5)15-12-22/h8-10,13,16-18,21-22,28,31,39H,11-12,14-15,19-20,35H2,1-7H3,(H,38,42)(H,43,44)/t21-,28+,31+/m0/s1. The Morgan fingerprint density at radius 1 is 1.11 bits per heavy atom. The van der Waals surface area contributed by atoms with Gasteiger partial charge in [-0.2, -0.15) is 0 Å². The van der Waals surface area contributed by atoms with Crippen molar-refractivity contribution in [1.82, 2.24) is 20.2 Å². The van der Waals surface area contributed by atoms with E-state index in [4.69, 9.17) is 15.1 Å². The number of rotatable bonds is 7. The number of aromatic nitrogens is 2. The summed E-state index contributed by atoms with van der Waals surface area (Å²) in [6.07, 6.45) is 4.08. The van der Waals surface area contributed by atoms with E-state index < -0.39 is 26.4 Å². The zero-order valence-electron chi connectivity index (χ0n) is 28.1. The van der Waals surface area contributed by atoms with Crippen molar-refractivity contribution >= 4 is 48.3 Å². The summed E-state index contributed by atoms with van der Waals surface area (Å²) in [5.41, 5.74) is 10.0. The van der Waals surface area contributed by atoms with E-state index in [1.165, 1.54) is 5.56 Å². The molecule has 5 rings (SSSR count). The average Bonchev–Trinajstić information content (AvgIpc) is 2.98. The number of carbonyl (C=O) groups is 2. The molecule has 2 aliphatic rings. The van der Waals surface area contributed by atoms with Crippen LogP contribution in [0.3, 0.4) is 0 Å². The number of amides is 2. The van der Waals surface area contributed by atoms with E-state index in [9.17, 15) is 14.7 Å². The monoisotopic (exact) mass is 647 g/mol. The molecule has 2 saturated heterocycles. The minimum Gasteiger partial charge on any atom is -0.465 e. The fourth-order valence-corrected chi connectivity index (χ4v) is 7.81. The van der Waals surface area contributed by atoms with Gasteiger partial charge in [0.1, 0.15) is 0 Å². The van der Waals surface area contributed by atoms with Crippen LogP contribution in [0.5, 0.6) is 0 Å². The van der Waals surface area contributed by atoms with Crippen molar-refractivity contribution in [3.63, 3.8) is 0 Å². The summed E-state index contributed by atoms with van der Waals surface area (Å²) in [5, 5.41) is 16.3. The van der Waals surface area contributed by atoms with E-state index in [0.29, 0.717) is 30.4 Å². The molecule has 0 unspecified atom stereocenters. The second-order valence-electron chi connectivity index (χ2n) is 14.6. The van der Waals surface area contributed by atoms with Gasteiger partial charge in [-0.3, -0.25) is 9.78 Å². The number of carbonyl (C=O) groups excluding carboxylic acids is 1. The molecule has 11 nitrogen and oxygen atoms in total. The predicted molar refractivity (Wildman–Crippen MR) is 186 cm³/mol. The van der Waals surface area contributed by atoms with Crippen LogP contribution in [0.2, 0.25) is 18.1 Å². The van der Waals surface area contributed by atoms with Crippen LogP contribution in [0.15, 0.2) is 42.7 Å². The lowest BCUT2D eigenvalue weighted by molar-refractivity contribution is 0.0722. The van der Waals surface area contributed by atoms with Crippen molar-refractivity contribution in [2.75, 3.05) is 49.2 Å². The van der Waals surface area contributed by atoms with E-state index >= 15 is 0 Å². The Hall–Kier alpha value is -3.74. The van der Waals surface area contributed by atoms with Crippen LogP contribution in [-0.4, -0.2) is 85.7 Å². The van der Waals surface area contributed by atoms with Crippen molar-refractivity contribution in [2.24, 2.45) is 5.92 Å². The molecule has 46 heavy (non-hydrogen) atoms. The van der Waals surface area contributed by atoms with Gasteiger partial charge in [0.05, 0.1) is 40.9 Å². The number of anilines is 3. The van der Waals surface area contributed by atoms with Crippen LogP contribution < -0.4 is 21.3 Å². The van der Waals surface area contributed by atoms with Crippen LogP contribution in [0.25, 0.3) is 10.9 Å². The van der Waals surface area contributed by atoms with Crippen LogP contribution >= 0.6 is 0 Å². The molecule has 3 aromatic rings. The minimum absolute atomic E-state index is 0.00741. The molecule has 0 saturated carbocycles. The maximum absolute atomic E-state index is 13.7. The number of nitrogen functional groups attached to an aromatic ring is 1. The van der Waals surface area contributed by atoms with Gasteiger partial charge in [0.25, 0.3) is 5.91 Å². The zero-order chi connectivity index (χ0) is 33.4. The first-order chi connectivity index (χ1) is 21.6. The number of hydrogen-bond donors (Lipinski definition) is 4. The summed E-state index contributed by atoms with van der Waals surface area (Å²) in [6.45, 7) is 16.1. The molecule has 2 amide bonds. The van der Waals surface area contributed by atoms with Crippen molar-refractivity contribution in [1.29, 1.82) is 0 Å².